The van der Waals surface area contributed by atoms with Crippen LogP contribution in [0.15, 0.2) is 53.3 Å². The van der Waals surface area contributed by atoms with Crippen LogP contribution in [0.1, 0.15) is 17.4 Å². The van der Waals surface area contributed by atoms with E-state index in [1.54, 1.807) is 24.3 Å². The summed E-state index contributed by atoms with van der Waals surface area (Å²) in [7, 11) is 0. The summed E-state index contributed by atoms with van der Waals surface area (Å²) in [4.78, 5) is 44.1. The Kier molecular flexibility index (Phi) is 4.00. The number of para-hydroxylation sites is 1. The van der Waals surface area contributed by atoms with Gasteiger partial charge >= 0.3 is 11.7 Å². The van der Waals surface area contributed by atoms with Crippen molar-refractivity contribution in [1.82, 2.24) is 15.0 Å². The molecule has 2 aromatic carbocycles. The molecule has 27 heavy (non-hydrogen) atoms. The number of carbonyl (C=O) groups is 2. The molecule has 136 valence electrons. The molecule has 1 amide bonds. The highest BCUT2D eigenvalue weighted by Gasteiger charge is 2.20. The number of nitrogens with one attached hydrogen (secondary N) is 4. The van der Waals surface area contributed by atoms with E-state index in [1.807, 2.05) is 24.3 Å². The number of carbonyl (C=O) groups excluding carboxylic acids is 2. The van der Waals surface area contributed by atoms with E-state index in [1.165, 1.54) is 6.92 Å². The molecule has 0 spiro atoms. The van der Waals surface area contributed by atoms with Crippen LogP contribution in [0.25, 0.3) is 21.9 Å². The van der Waals surface area contributed by atoms with Crippen LogP contribution in [0, 0.1) is 0 Å². The summed E-state index contributed by atoms with van der Waals surface area (Å²) in [6, 6.07) is 14.1. The minimum atomic E-state index is -0.995. The van der Waals surface area contributed by atoms with Gasteiger partial charge in [0.15, 0.2) is 6.10 Å². The largest absolute Gasteiger partial charge is 0.448 e. The Morgan fingerprint density at radius 2 is 1.74 bits per heavy atom. The van der Waals surface area contributed by atoms with Gasteiger partial charge in [-0.2, -0.15) is 0 Å². The Labute approximate surface area is 152 Å². The first kappa shape index (κ1) is 16.6. The molecule has 0 aliphatic rings. The number of H-pyrrole nitrogens is 3. The number of esters is 1. The molecular formula is C19H16N4O4. The number of hydrogen-bond donors (Lipinski definition) is 4. The Bertz CT molecular complexity index is 1180. The van der Waals surface area contributed by atoms with Crippen LogP contribution >= 0.6 is 0 Å². The van der Waals surface area contributed by atoms with Crippen molar-refractivity contribution >= 4 is 39.5 Å². The predicted octanol–water partition coefficient (Wildman–Crippen LogP) is 2.52. The van der Waals surface area contributed by atoms with Crippen LogP contribution < -0.4 is 11.0 Å². The van der Waals surface area contributed by atoms with Crippen LogP contribution in [0.5, 0.6) is 0 Å². The van der Waals surface area contributed by atoms with Crippen molar-refractivity contribution in [2.75, 3.05) is 5.32 Å². The zero-order chi connectivity index (χ0) is 19.0. The molecule has 0 fully saturated rings. The number of anilines is 1. The minimum absolute atomic E-state index is 0.280. The number of rotatable bonds is 4. The van der Waals surface area contributed by atoms with Crippen LogP contribution in [0.2, 0.25) is 0 Å². The van der Waals surface area contributed by atoms with Gasteiger partial charge in [-0.15, -0.1) is 0 Å². The third-order valence-corrected chi connectivity index (χ3v) is 4.19. The summed E-state index contributed by atoms with van der Waals surface area (Å²) < 4.78 is 5.25. The molecule has 0 saturated carbocycles. The van der Waals surface area contributed by atoms with Crippen LogP contribution in [0.3, 0.4) is 0 Å². The molecule has 1 atom stereocenters. The molecule has 0 aliphatic carbocycles. The van der Waals surface area contributed by atoms with Crippen molar-refractivity contribution in [3.8, 4) is 0 Å². The summed E-state index contributed by atoms with van der Waals surface area (Å²) in [6.45, 7) is 1.49. The first-order valence-electron chi connectivity index (χ1n) is 8.31. The van der Waals surface area contributed by atoms with Crippen molar-refractivity contribution < 1.29 is 14.3 Å². The van der Waals surface area contributed by atoms with Gasteiger partial charge in [-0.1, -0.05) is 18.2 Å². The quantitative estimate of drug-likeness (QED) is 0.416. The monoisotopic (exact) mass is 364 g/mol. The maximum atomic E-state index is 12.3. The van der Waals surface area contributed by atoms with E-state index in [9.17, 15) is 14.4 Å². The second-order valence-electron chi connectivity index (χ2n) is 6.15. The van der Waals surface area contributed by atoms with Gasteiger partial charge in [-0.25, -0.2) is 9.59 Å². The van der Waals surface area contributed by atoms with E-state index >= 15 is 0 Å². The number of benzene rings is 2. The number of aromatic nitrogens is 3. The number of imidazole rings is 1. The van der Waals surface area contributed by atoms with E-state index in [0.29, 0.717) is 16.7 Å². The maximum Gasteiger partial charge on any atom is 0.355 e. The Morgan fingerprint density at radius 1 is 0.963 bits per heavy atom. The SMILES string of the molecule is C[C@@H](OC(=O)c1cc2ccccc2[nH]1)C(=O)Nc1ccc2[nH]c(=O)[nH]c2c1. The molecule has 0 bridgehead atoms. The van der Waals surface area contributed by atoms with Crippen molar-refractivity contribution in [3.05, 3.63) is 64.7 Å². The smallest absolute Gasteiger partial charge is 0.355 e. The molecule has 8 heteroatoms. The third-order valence-electron chi connectivity index (χ3n) is 4.19. The highest BCUT2D eigenvalue weighted by Crippen LogP contribution is 2.17. The summed E-state index contributed by atoms with van der Waals surface area (Å²) in [5, 5.41) is 3.55. The van der Waals surface area contributed by atoms with Gasteiger partial charge in [0.1, 0.15) is 5.69 Å². The fourth-order valence-corrected chi connectivity index (χ4v) is 2.82. The number of hydrogen-bond acceptors (Lipinski definition) is 4. The maximum absolute atomic E-state index is 12.3. The van der Waals surface area contributed by atoms with Crippen LogP contribution in [-0.4, -0.2) is 32.9 Å². The van der Waals surface area contributed by atoms with Gasteiger partial charge in [-0.05, 0) is 37.3 Å². The summed E-state index contributed by atoms with van der Waals surface area (Å²) >= 11 is 0. The first-order chi connectivity index (χ1) is 13.0. The topological polar surface area (TPSA) is 120 Å². The third kappa shape index (κ3) is 3.32. The molecule has 0 unspecified atom stereocenters. The molecule has 4 aromatic rings. The van der Waals surface area contributed by atoms with Gasteiger partial charge in [0, 0.05) is 16.6 Å². The molecule has 0 saturated heterocycles. The average molecular weight is 364 g/mol. The molecule has 2 aromatic heterocycles. The number of aromatic amines is 3. The lowest BCUT2D eigenvalue weighted by Gasteiger charge is -2.13. The first-order valence-corrected chi connectivity index (χ1v) is 8.31. The van der Waals surface area contributed by atoms with Crippen LogP contribution in [0.4, 0.5) is 5.69 Å². The fourth-order valence-electron chi connectivity index (χ4n) is 2.82. The second-order valence-corrected chi connectivity index (χ2v) is 6.15. The lowest BCUT2D eigenvalue weighted by Crippen LogP contribution is -2.30. The molecule has 4 N–H and O–H groups in total. The van der Waals surface area contributed by atoms with E-state index in [2.05, 4.69) is 20.3 Å². The van der Waals surface area contributed by atoms with Crippen LogP contribution in [-0.2, 0) is 9.53 Å². The summed E-state index contributed by atoms with van der Waals surface area (Å²) in [5.74, 6) is -1.09. The van der Waals surface area contributed by atoms with Crippen molar-refractivity contribution in [1.29, 1.82) is 0 Å². The lowest BCUT2D eigenvalue weighted by atomic mass is 10.2. The Morgan fingerprint density at radius 3 is 2.56 bits per heavy atom. The van der Waals surface area contributed by atoms with Gasteiger partial charge < -0.3 is 25.0 Å². The van der Waals surface area contributed by atoms with E-state index < -0.39 is 18.0 Å². The van der Waals surface area contributed by atoms with Crippen molar-refractivity contribution in [2.24, 2.45) is 0 Å². The molecule has 0 radical (unpaired) electrons. The number of ether oxygens (including phenoxy) is 1. The minimum Gasteiger partial charge on any atom is -0.448 e. The highest BCUT2D eigenvalue weighted by atomic mass is 16.5. The summed E-state index contributed by atoms with van der Waals surface area (Å²) in [6.07, 6.45) is -0.995. The van der Waals surface area contributed by atoms with E-state index in [4.69, 9.17) is 4.74 Å². The second kappa shape index (κ2) is 6.49. The van der Waals surface area contributed by atoms with E-state index in [-0.39, 0.29) is 11.4 Å². The predicted molar refractivity (Wildman–Crippen MR) is 101 cm³/mol. The Hall–Kier alpha value is -3.81. The van der Waals surface area contributed by atoms with Gasteiger partial charge in [0.25, 0.3) is 5.91 Å². The Balaban J connectivity index is 1.44. The molecule has 0 aliphatic heterocycles. The van der Waals surface area contributed by atoms with E-state index in [0.717, 1.165) is 10.9 Å². The lowest BCUT2D eigenvalue weighted by molar-refractivity contribution is -0.123. The van der Waals surface area contributed by atoms with Gasteiger partial charge in [0.2, 0.25) is 0 Å². The highest BCUT2D eigenvalue weighted by molar-refractivity contribution is 5.99. The molecule has 2 heterocycles. The fraction of sp³-hybridized carbons (Fsp3) is 0.105. The average Bonchev–Trinajstić information content (AvgIpc) is 3.23. The summed E-state index contributed by atoms with van der Waals surface area (Å²) in [5.41, 5.74) is 2.46. The number of amides is 1. The van der Waals surface area contributed by atoms with Crippen molar-refractivity contribution in [2.45, 2.75) is 13.0 Å². The number of fused-ring (bicyclic) bond motifs is 2. The molecular weight excluding hydrogens is 348 g/mol. The normalized spacial score (nSPS) is 12.2. The standard InChI is InChI=1S/C19H16N4O4/c1-10(27-18(25)16-8-11-4-2-3-5-13(11)21-16)17(24)20-12-6-7-14-15(9-12)23-19(26)22-14/h2-10,21H,1H3,(H,20,24)(H2,22,23,26)/t10-/m1/s1. The van der Waals surface area contributed by atoms with Gasteiger partial charge in [0.05, 0.1) is 11.0 Å². The van der Waals surface area contributed by atoms with Gasteiger partial charge in [-0.3, -0.25) is 4.79 Å². The zero-order valence-corrected chi connectivity index (χ0v) is 14.3. The van der Waals surface area contributed by atoms with Crippen molar-refractivity contribution in [3.63, 3.8) is 0 Å². The molecule has 4 rings (SSSR count). The zero-order valence-electron chi connectivity index (χ0n) is 14.3. The molecule has 8 nitrogen and oxygen atoms in total.